The molecule has 0 aliphatic heterocycles. The molecule has 0 bridgehead atoms. The van der Waals surface area contributed by atoms with Crippen LogP contribution in [-0.4, -0.2) is 15.0 Å². The molecule has 0 unspecified atom stereocenters. The molecule has 0 radical (unpaired) electrons. The molecule has 2 saturated carbocycles. The molecule has 8 aromatic carbocycles. The lowest BCUT2D eigenvalue weighted by molar-refractivity contribution is 0.152. The first kappa shape index (κ1) is 33.3. The first-order valence-corrected chi connectivity index (χ1v) is 23.2. The van der Waals surface area contributed by atoms with Crippen LogP contribution in [0.1, 0.15) is 90.1 Å². The van der Waals surface area contributed by atoms with Crippen molar-refractivity contribution in [3.05, 3.63) is 221 Å². The summed E-state index contributed by atoms with van der Waals surface area (Å²) in [6.45, 7) is 0. The Bertz CT molecular complexity index is 3470. The molecule has 65 heavy (non-hydrogen) atoms. The molecule has 3 nitrogen and oxygen atoms in total. The SMILES string of the molecule is [2H]C1([2H])CC2(CCCC2)CC([2H])([2H])C12c1ccccc1-c1ccc(-c3ccc4c(c3)C3(c5ccccc5-c5ccccc53)c3cc(-c5nc(-c6ccccc6)nc(-c6ccccc6)n5)ccc3-4)cc12. The number of rotatable bonds is 4. The van der Waals surface area contributed by atoms with E-state index in [-0.39, 0.29) is 5.41 Å². The average Bonchev–Trinajstić information content (AvgIpc) is 4.12. The summed E-state index contributed by atoms with van der Waals surface area (Å²) in [5, 5.41) is 0. The van der Waals surface area contributed by atoms with Crippen LogP contribution in [-0.2, 0) is 10.8 Å². The molecule has 5 aliphatic carbocycles. The number of aromatic nitrogens is 3. The zero-order chi connectivity index (χ0) is 46.3. The van der Waals surface area contributed by atoms with Gasteiger partial charge in [-0.25, -0.2) is 15.0 Å². The van der Waals surface area contributed by atoms with Gasteiger partial charge in [0.05, 0.1) is 5.41 Å². The highest BCUT2D eigenvalue weighted by Crippen LogP contribution is 2.65. The Hall–Kier alpha value is -7.23. The van der Waals surface area contributed by atoms with Gasteiger partial charge in [0.2, 0.25) is 0 Å². The van der Waals surface area contributed by atoms with Gasteiger partial charge in [0.25, 0.3) is 0 Å². The zero-order valence-electron chi connectivity index (χ0n) is 40.0. The van der Waals surface area contributed by atoms with Crippen molar-refractivity contribution in [2.24, 2.45) is 5.41 Å². The predicted molar refractivity (Wildman–Crippen MR) is 263 cm³/mol. The van der Waals surface area contributed by atoms with Gasteiger partial charge in [0.15, 0.2) is 17.5 Å². The molecule has 2 fully saturated rings. The molecule has 0 saturated heterocycles. The van der Waals surface area contributed by atoms with E-state index in [2.05, 4.69) is 109 Å². The minimum atomic E-state index is -1.82. The lowest BCUT2D eigenvalue weighted by Crippen LogP contribution is -2.35. The molecule has 9 aromatic rings. The van der Waals surface area contributed by atoms with Crippen molar-refractivity contribution >= 4 is 0 Å². The standard InChI is InChI=1S/C62H47N3/c1-3-15-40(16-4-1)57-63-58(41-17-5-2-6-18-41)65-59(64-57)44-27-30-50-49-29-26-43(38-55(49)62(56(50)39-44)52-23-11-8-20-46(52)47-21-9-12-24-53(47)62)42-25-28-48-45-19-7-10-22-51(45)61(54(48)37-42)35-33-60(34-36-61)31-13-14-32-60/h1-12,15-30,37-39H,13-14,31-36H2/i35D2,36D2. The van der Waals surface area contributed by atoms with E-state index in [1.54, 1.807) is 0 Å². The fourth-order valence-electron chi connectivity index (χ4n) is 12.5. The topological polar surface area (TPSA) is 38.7 Å². The summed E-state index contributed by atoms with van der Waals surface area (Å²) >= 11 is 0. The van der Waals surface area contributed by atoms with E-state index >= 15 is 0 Å². The Balaban J connectivity index is 0.973. The molecular weight excluding hydrogens is 787 g/mol. The smallest absolute Gasteiger partial charge is 0.164 e. The third-order valence-electron chi connectivity index (χ3n) is 15.5. The lowest BCUT2D eigenvalue weighted by atomic mass is 9.59. The first-order chi connectivity index (χ1) is 33.6. The van der Waals surface area contributed by atoms with E-state index in [4.69, 9.17) is 15.0 Å². The number of hydrogen-bond donors (Lipinski definition) is 0. The van der Waals surface area contributed by atoms with Crippen LogP contribution < -0.4 is 0 Å². The third-order valence-corrected chi connectivity index (χ3v) is 15.5. The maximum absolute atomic E-state index is 10.1. The van der Waals surface area contributed by atoms with Crippen molar-refractivity contribution in [3.63, 3.8) is 0 Å². The maximum Gasteiger partial charge on any atom is 0.164 e. The van der Waals surface area contributed by atoms with E-state index in [0.29, 0.717) is 30.3 Å². The number of benzene rings is 8. The second-order valence-corrected chi connectivity index (χ2v) is 18.9. The van der Waals surface area contributed by atoms with Gasteiger partial charge in [-0.15, -0.1) is 0 Å². The van der Waals surface area contributed by atoms with Gasteiger partial charge in [0, 0.05) is 27.6 Å². The van der Waals surface area contributed by atoms with Crippen molar-refractivity contribution < 1.29 is 5.48 Å². The van der Waals surface area contributed by atoms with Crippen molar-refractivity contribution in [2.45, 2.75) is 62.1 Å². The van der Waals surface area contributed by atoms with Crippen molar-refractivity contribution in [1.82, 2.24) is 15.0 Å². The van der Waals surface area contributed by atoms with Crippen LogP contribution in [0.3, 0.4) is 0 Å². The number of fused-ring (bicyclic) bond motifs is 15. The van der Waals surface area contributed by atoms with Gasteiger partial charge in [-0.1, -0.05) is 183 Å². The minimum Gasteiger partial charge on any atom is -0.208 e. The molecule has 14 rings (SSSR count). The number of hydrogen-bond acceptors (Lipinski definition) is 3. The fourth-order valence-corrected chi connectivity index (χ4v) is 12.5. The molecule has 0 N–H and O–H groups in total. The third kappa shape index (κ3) is 5.27. The quantitative estimate of drug-likeness (QED) is 0.177. The molecule has 0 atom stereocenters. The molecule has 1 aromatic heterocycles. The Morgan fingerprint density at radius 3 is 1.25 bits per heavy atom. The monoisotopic (exact) mass is 837 g/mol. The molecule has 5 aliphatic rings. The van der Waals surface area contributed by atoms with Crippen LogP contribution in [0.4, 0.5) is 0 Å². The number of nitrogens with zero attached hydrogens (tertiary/aromatic N) is 3. The Kier molecular flexibility index (Phi) is 7.11. The summed E-state index contributed by atoms with van der Waals surface area (Å²) < 4.78 is 40.3. The van der Waals surface area contributed by atoms with Crippen LogP contribution >= 0.6 is 0 Å². The lowest BCUT2D eigenvalue weighted by Gasteiger charge is -2.44. The van der Waals surface area contributed by atoms with Crippen molar-refractivity contribution in [1.29, 1.82) is 0 Å². The van der Waals surface area contributed by atoms with Crippen LogP contribution in [0.15, 0.2) is 188 Å². The molecule has 1 heterocycles. The largest absolute Gasteiger partial charge is 0.208 e. The summed E-state index contributed by atoms with van der Waals surface area (Å²) in [4.78, 5) is 15.4. The van der Waals surface area contributed by atoms with E-state index in [1.807, 2.05) is 78.9 Å². The highest BCUT2D eigenvalue weighted by Gasteiger charge is 2.53. The van der Waals surface area contributed by atoms with Crippen LogP contribution in [0, 0.1) is 5.41 Å². The Morgan fingerprint density at radius 2 is 0.708 bits per heavy atom. The van der Waals surface area contributed by atoms with Gasteiger partial charge in [-0.05, 0) is 140 Å². The summed E-state index contributed by atoms with van der Waals surface area (Å²) in [5.41, 5.74) is 15.2. The van der Waals surface area contributed by atoms with Gasteiger partial charge >= 0.3 is 0 Å². The summed E-state index contributed by atoms with van der Waals surface area (Å²) in [5.74, 6) is 1.84. The summed E-state index contributed by atoms with van der Waals surface area (Å²) in [6, 6.07) is 65.9. The van der Waals surface area contributed by atoms with Crippen molar-refractivity contribution in [2.75, 3.05) is 0 Å². The van der Waals surface area contributed by atoms with E-state index in [0.717, 1.165) is 86.9 Å². The van der Waals surface area contributed by atoms with Gasteiger partial charge in [0.1, 0.15) is 0 Å². The summed E-state index contributed by atoms with van der Waals surface area (Å²) in [7, 11) is 0. The molecule has 310 valence electrons. The van der Waals surface area contributed by atoms with Gasteiger partial charge in [-0.2, -0.15) is 0 Å². The molecular formula is C62H47N3. The second-order valence-electron chi connectivity index (χ2n) is 18.9. The highest BCUT2D eigenvalue weighted by molar-refractivity contribution is 5.97. The van der Waals surface area contributed by atoms with Crippen LogP contribution in [0.2, 0.25) is 0 Å². The second kappa shape index (κ2) is 13.9. The van der Waals surface area contributed by atoms with Gasteiger partial charge < -0.3 is 0 Å². The minimum absolute atomic E-state index is 0.317. The van der Waals surface area contributed by atoms with E-state index in [9.17, 15) is 5.48 Å². The highest BCUT2D eigenvalue weighted by atomic mass is 15.0. The molecule has 0 amide bonds. The molecule has 3 heteroatoms. The first-order valence-electron chi connectivity index (χ1n) is 25.2. The Morgan fingerprint density at radius 1 is 0.323 bits per heavy atom. The van der Waals surface area contributed by atoms with E-state index in [1.165, 1.54) is 33.4 Å². The van der Waals surface area contributed by atoms with E-state index < -0.39 is 23.6 Å². The van der Waals surface area contributed by atoms with Gasteiger partial charge in [-0.3, -0.25) is 0 Å². The fraction of sp³-hybridized carbons (Fsp3) is 0.177. The normalized spacial score (nSPS) is 19.6. The zero-order valence-corrected chi connectivity index (χ0v) is 36.0. The summed E-state index contributed by atoms with van der Waals surface area (Å²) in [6.07, 6.45) is 0.953. The molecule has 3 spiro atoms. The average molecular weight is 838 g/mol. The predicted octanol–water partition coefficient (Wildman–Crippen LogP) is 15.3. The van der Waals surface area contributed by atoms with Crippen molar-refractivity contribution in [3.8, 4) is 78.7 Å². The van der Waals surface area contributed by atoms with Crippen LogP contribution in [0.5, 0.6) is 0 Å². The van der Waals surface area contributed by atoms with Crippen LogP contribution in [0.25, 0.3) is 78.7 Å². The Labute approximate surface area is 386 Å². The maximum atomic E-state index is 10.1.